The second-order valence-corrected chi connectivity index (χ2v) is 7.20. The number of carbonyl (C=O) groups is 1. The average molecular weight is 345 g/mol. The predicted octanol–water partition coefficient (Wildman–Crippen LogP) is 0.858. The number of nitrogens with zero attached hydrogens (tertiary/aromatic N) is 3. The second kappa shape index (κ2) is 14.6. The fourth-order valence-corrected chi connectivity index (χ4v) is 2.71. The van der Waals surface area contributed by atoms with Crippen LogP contribution in [-0.4, -0.2) is 99.3 Å². The Kier molecular flexibility index (Phi) is 14.2. The molecule has 0 unspecified atom stereocenters. The van der Waals surface area contributed by atoms with Crippen LogP contribution in [-0.2, 0) is 4.79 Å². The summed E-state index contributed by atoms with van der Waals surface area (Å²) in [6.45, 7) is 7.71. The summed E-state index contributed by atoms with van der Waals surface area (Å²) < 4.78 is 0. The molecule has 0 aromatic rings. The van der Waals surface area contributed by atoms with E-state index in [9.17, 15) is 4.79 Å². The van der Waals surface area contributed by atoms with Gasteiger partial charge in [0, 0.05) is 19.1 Å². The molecule has 2 aliphatic rings. The molecule has 0 aliphatic carbocycles. The number of amides is 1. The minimum absolute atomic E-state index is 0.0220. The predicted molar refractivity (Wildman–Crippen MR) is 101 cm³/mol. The maximum absolute atomic E-state index is 10.0. The van der Waals surface area contributed by atoms with E-state index in [0.717, 1.165) is 58.3 Å². The Morgan fingerprint density at radius 2 is 1.50 bits per heavy atom. The van der Waals surface area contributed by atoms with Gasteiger partial charge in [-0.15, -0.1) is 0 Å². The van der Waals surface area contributed by atoms with Crippen molar-refractivity contribution in [3.63, 3.8) is 0 Å². The molecule has 24 heavy (non-hydrogen) atoms. The van der Waals surface area contributed by atoms with Crippen molar-refractivity contribution in [3.05, 3.63) is 0 Å². The number of aliphatic hydroxyl groups excluding tert-OH is 1. The summed E-state index contributed by atoms with van der Waals surface area (Å²) in [6.07, 6.45) is 6.13. The molecule has 2 saturated heterocycles. The fourth-order valence-electron chi connectivity index (χ4n) is 2.71. The summed E-state index contributed by atoms with van der Waals surface area (Å²) in [7, 11) is 8.37. The van der Waals surface area contributed by atoms with E-state index < -0.39 is 0 Å². The third-order valence-electron chi connectivity index (χ3n) is 4.38. The number of hydrogen-bond donors (Lipinski definition) is 2. The van der Waals surface area contributed by atoms with Gasteiger partial charge in [-0.2, -0.15) is 0 Å². The molecule has 0 radical (unpaired) electrons. The van der Waals surface area contributed by atoms with E-state index in [0.29, 0.717) is 6.04 Å². The molecular weight excluding hydrogens is 304 g/mol. The minimum atomic E-state index is -0.0220. The zero-order valence-corrected chi connectivity index (χ0v) is 16.5. The molecule has 0 spiro atoms. The molecule has 0 atom stereocenters. The van der Waals surface area contributed by atoms with Crippen molar-refractivity contribution >= 4 is 6.41 Å². The Bertz CT molecular complexity index is 277. The summed E-state index contributed by atoms with van der Waals surface area (Å²) in [5, 5.41) is 11.8. The van der Waals surface area contributed by atoms with Crippen molar-refractivity contribution in [2.24, 2.45) is 0 Å². The maximum atomic E-state index is 10.0. The van der Waals surface area contributed by atoms with Crippen molar-refractivity contribution in [2.75, 3.05) is 60.9 Å². The monoisotopic (exact) mass is 344 g/mol. The average Bonchev–Trinajstić information content (AvgIpc) is 2.54. The fraction of sp³-hybridized carbons (Fsp3) is 0.944. The molecule has 0 saturated carbocycles. The topological polar surface area (TPSA) is 59.0 Å². The summed E-state index contributed by atoms with van der Waals surface area (Å²) in [4.78, 5) is 16.7. The van der Waals surface area contributed by atoms with Gasteiger partial charge in [-0.25, -0.2) is 0 Å². The Morgan fingerprint density at radius 1 is 1.04 bits per heavy atom. The highest BCUT2D eigenvalue weighted by Gasteiger charge is 2.14. The molecule has 0 bridgehead atoms. The summed E-state index contributed by atoms with van der Waals surface area (Å²) >= 11 is 0. The summed E-state index contributed by atoms with van der Waals surface area (Å²) in [5.74, 6) is 0. The van der Waals surface area contributed by atoms with Gasteiger partial charge in [-0.1, -0.05) is 6.92 Å². The quantitative estimate of drug-likeness (QED) is 0.741. The minimum Gasteiger partial charge on any atom is -0.393 e. The number of carbonyl (C=O) groups excluding carboxylic acids is 1. The van der Waals surface area contributed by atoms with E-state index in [-0.39, 0.29) is 6.10 Å². The van der Waals surface area contributed by atoms with Gasteiger partial charge in [-0.3, -0.25) is 4.79 Å². The lowest BCUT2D eigenvalue weighted by Crippen LogP contribution is -2.40. The number of rotatable bonds is 4. The molecule has 1 amide bonds. The van der Waals surface area contributed by atoms with Crippen LogP contribution in [0.15, 0.2) is 0 Å². The van der Waals surface area contributed by atoms with Crippen LogP contribution in [0.4, 0.5) is 0 Å². The lowest BCUT2D eigenvalue weighted by Gasteiger charge is -2.28. The van der Waals surface area contributed by atoms with E-state index in [4.69, 9.17) is 5.11 Å². The Hall–Kier alpha value is -0.690. The number of hydrogen-bond acceptors (Lipinski definition) is 5. The molecule has 144 valence electrons. The highest BCUT2D eigenvalue weighted by Crippen LogP contribution is 2.07. The molecule has 2 aliphatic heterocycles. The highest BCUT2D eigenvalue weighted by atomic mass is 16.3. The summed E-state index contributed by atoms with van der Waals surface area (Å²) in [6, 6.07) is 0.425. The molecule has 2 fully saturated rings. The second-order valence-electron chi connectivity index (χ2n) is 7.20. The molecule has 2 N–H and O–H groups in total. The van der Waals surface area contributed by atoms with Gasteiger partial charge in [0.1, 0.15) is 0 Å². The lowest BCUT2D eigenvalue weighted by molar-refractivity contribution is -0.110. The van der Waals surface area contributed by atoms with E-state index in [1.807, 2.05) is 0 Å². The smallest absolute Gasteiger partial charge is 0.207 e. The zero-order valence-electron chi connectivity index (χ0n) is 16.5. The van der Waals surface area contributed by atoms with Crippen molar-refractivity contribution in [1.82, 2.24) is 20.0 Å². The zero-order chi connectivity index (χ0) is 18.4. The van der Waals surface area contributed by atoms with Crippen LogP contribution in [0.25, 0.3) is 0 Å². The van der Waals surface area contributed by atoms with E-state index in [1.165, 1.54) is 13.0 Å². The number of piperidine rings is 2. The van der Waals surface area contributed by atoms with E-state index >= 15 is 0 Å². The van der Waals surface area contributed by atoms with Gasteiger partial charge in [0.15, 0.2) is 0 Å². The van der Waals surface area contributed by atoms with E-state index in [1.54, 1.807) is 0 Å². The standard InChI is InChI=1S/C7H14N2O.C6H13NO.C5H13N/c1-9-4-2-7(3-5-9)8-6-10;1-7-4-2-6(8)3-5-7;1-4-5-6(2)3/h6-7H,2-5H2,1H3,(H,8,10);6,8H,2-5H2,1H3;4-5H2,1-3H3. The van der Waals surface area contributed by atoms with Crippen molar-refractivity contribution in [2.45, 2.75) is 51.2 Å². The number of nitrogens with one attached hydrogen (secondary N) is 1. The first-order chi connectivity index (χ1) is 11.4. The normalized spacial score (nSPS) is 20.6. The van der Waals surface area contributed by atoms with Gasteiger partial charge < -0.3 is 25.1 Å². The van der Waals surface area contributed by atoms with Gasteiger partial charge in [0.2, 0.25) is 6.41 Å². The Labute approximate surface area is 149 Å². The highest BCUT2D eigenvalue weighted by molar-refractivity contribution is 5.46. The Morgan fingerprint density at radius 3 is 1.79 bits per heavy atom. The first-order valence-corrected chi connectivity index (χ1v) is 9.28. The van der Waals surface area contributed by atoms with Crippen LogP contribution in [0, 0.1) is 0 Å². The molecule has 0 aromatic heterocycles. The first kappa shape index (κ1) is 23.3. The first-order valence-electron chi connectivity index (χ1n) is 9.28. The lowest BCUT2D eigenvalue weighted by atomic mass is 10.1. The maximum Gasteiger partial charge on any atom is 0.207 e. The van der Waals surface area contributed by atoms with Crippen LogP contribution in [0.3, 0.4) is 0 Å². The third kappa shape index (κ3) is 13.7. The molecule has 6 nitrogen and oxygen atoms in total. The number of aliphatic hydroxyl groups is 1. The molecule has 0 aromatic carbocycles. The van der Waals surface area contributed by atoms with Crippen molar-refractivity contribution < 1.29 is 9.90 Å². The van der Waals surface area contributed by atoms with Crippen LogP contribution in [0.2, 0.25) is 0 Å². The molecule has 2 rings (SSSR count). The van der Waals surface area contributed by atoms with E-state index in [2.05, 4.69) is 55.1 Å². The molecule has 6 heteroatoms. The Balaban J connectivity index is 0.000000343. The van der Waals surface area contributed by atoms with Crippen LogP contribution < -0.4 is 5.32 Å². The third-order valence-corrected chi connectivity index (χ3v) is 4.38. The van der Waals surface area contributed by atoms with Crippen LogP contribution in [0.5, 0.6) is 0 Å². The van der Waals surface area contributed by atoms with Crippen LogP contribution >= 0.6 is 0 Å². The largest absolute Gasteiger partial charge is 0.393 e. The number of likely N-dealkylation sites (tertiary alicyclic amines) is 2. The SMILES string of the molecule is CCCN(C)C.CN1CCC(NC=O)CC1.CN1CCC(O)CC1. The van der Waals surface area contributed by atoms with Crippen LogP contribution in [0.1, 0.15) is 39.0 Å². The van der Waals surface area contributed by atoms with Gasteiger partial charge >= 0.3 is 0 Å². The van der Waals surface area contributed by atoms with Gasteiger partial charge in [-0.05, 0) is 79.9 Å². The van der Waals surface area contributed by atoms with Crippen molar-refractivity contribution in [1.29, 1.82) is 0 Å². The summed E-state index contributed by atoms with van der Waals surface area (Å²) in [5.41, 5.74) is 0. The van der Waals surface area contributed by atoms with Gasteiger partial charge in [0.05, 0.1) is 6.10 Å². The van der Waals surface area contributed by atoms with Crippen molar-refractivity contribution in [3.8, 4) is 0 Å². The van der Waals surface area contributed by atoms with Gasteiger partial charge in [0.25, 0.3) is 0 Å². The molecule has 2 heterocycles. The molecular formula is C18H40N4O2.